The number of esters is 1. The van der Waals surface area contributed by atoms with Crippen molar-refractivity contribution in [3.8, 4) is 0 Å². The molecule has 0 aliphatic carbocycles. The van der Waals surface area contributed by atoms with E-state index in [0.29, 0.717) is 18.8 Å². The summed E-state index contributed by atoms with van der Waals surface area (Å²) in [6.07, 6.45) is 1.68. The van der Waals surface area contributed by atoms with Gasteiger partial charge in [-0.05, 0) is 25.8 Å². The van der Waals surface area contributed by atoms with Crippen LogP contribution >= 0.6 is 0 Å². The molecule has 5 heteroatoms. The van der Waals surface area contributed by atoms with Crippen LogP contribution in [0, 0.1) is 6.92 Å². The van der Waals surface area contributed by atoms with Gasteiger partial charge in [0.25, 0.3) is 0 Å². The molecule has 112 valence electrons. The van der Waals surface area contributed by atoms with Crippen molar-refractivity contribution in [2.75, 3.05) is 6.61 Å². The smallest absolute Gasteiger partial charge is 0.360 e. The number of nitrogens with zero attached hydrogens (tertiary/aromatic N) is 3. The first kappa shape index (κ1) is 15.2. The Labute approximate surface area is 124 Å². The minimum absolute atomic E-state index is 0.339. The molecule has 0 amide bonds. The van der Waals surface area contributed by atoms with Gasteiger partial charge in [0.15, 0.2) is 5.69 Å². The first-order chi connectivity index (χ1) is 10.2. The average molecular weight is 287 g/mol. The second-order valence-corrected chi connectivity index (χ2v) is 5.00. The third-order valence-corrected chi connectivity index (χ3v) is 3.25. The van der Waals surface area contributed by atoms with E-state index in [1.54, 1.807) is 11.6 Å². The minimum Gasteiger partial charge on any atom is -0.461 e. The van der Waals surface area contributed by atoms with Crippen molar-refractivity contribution in [1.29, 1.82) is 0 Å². The van der Waals surface area contributed by atoms with Gasteiger partial charge in [-0.25, -0.2) is 9.48 Å². The minimum atomic E-state index is -0.392. The Morgan fingerprint density at radius 3 is 2.57 bits per heavy atom. The molecule has 1 aromatic carbocycles. The zero-order valence-electron chi connectivity index (χ0n) is 12.8. The van der Waals surface area contributed by atoms with E-state index < -0.39 is 5.97 Å². The van der Waals surface area contributed by atoms with E-state index in [-0.39, 0.29) is 0 Å². The summed E-state index contributed by atoms with van der Waals surface area (Å²) < 4.78 is 6.83. The molecule has 21 heavy (non-hydrogen) atoms. The van der Waals surface area contributed by atoms with Gasteiger partial charge >= 0.3 is 5.97 Å². The maximum absolute atomic E-state index is 11.9. The fraction of sp³-hybridized carbons (Fsp3) is 0.438. The van der Waals surface area contributed by atoms with Crippen molar-refractivity contribution in [2.45, 2.75) is 40.2 Å². The zero-order chi connectivity index (χ0) is 15.2. The van der Waals surface area contributed by atoms with Crippen LogP contribution < -0.4 is 0 Å². The summed E-state index contributed by atoms with van der Waals surface area (Å²) in [7, 11) is 0. The number of carbonyl (C=O) groups excluding carboxylic acids is 1. The fourth-order valence-electron chi connectivity index (χ4n) is 2.17. The molecule has 0 atom stereocenters. The van der Waals surface area contributed by atoms with Crippen molar-refractivity contribution >= 4 is 5.97 Å². The fourth-order valence-corrected chi connectivity index (χ4v) is 2.17. The maximum atomic E-state index is 11.9. The van der Waals surface area contributed by atoms with E-state index in [1.807, 2.05) is 0 Å². The second kappa shape index (κ2) is 7.02. The lowest BCUT2D eigenvalue weighted by Crippen LogP contribution is -2.11. The van der Waals surface area contributed by atoms with Crippen LogP contribution in [0.4, 0.5) is 0 Å². The molecular weight excluding hydrogens is 266 g/mol. The van der Waals surface area contributed by atoms with E-state index in [0.717, 1.165) is 24.1 Å². The van der Waals surface area contributed by atoms with Gasteiger partial charge in [0.1, 0.15) is 0 Å². The normalized spacial score (nSPS) is 10.6. The number of hydrogen-bond donors (Lipinski definition) is 0. The van der Waals surface area contributed by atoms with Gasteiger partial charge in [0.05, 0.1) is 18.8 Å². The monoisotopic (exact) mass is 287 g/mol. The molecule has 0 aliphatic rings. The van der Waals surface area contributed by atoms with Crippen molar-refractivity contribution in [3.05, 3.63) is 46.8 Å². The summed E-state index contributed by atoms with van der Waals surface area (Å²) in [4.78, 5) is 11.9. The highest BCUT2D eigenvalue weighted by atomic mass is 16.5. The molecule has 2 rings (SSSR count). The first-order valence-corrected chi connectivity index (χ1v) is 7.30. The molecular formula is C16H21N3O2. The van der Waals surface area contributed by atoms with Gasteiger partial charge in [-0.3, -0.25) is 0 Å². The molecule has 0 spiro atoms. The van der Waals surface area contributed by atoms with Crippen molar-refractivity contribution in [1.82, 2.24) is 15.0 Å². The summed E-state index contributed by atoms with van der Waals surface area (Å²) >= 11 is 0. The van der Waals surface area contributed by atoms with Crippen LogP contribution in [0.15, 0.2) is 24.3 Å². The molecule has 1 aromatic heterocycles. The Kier molecular flexibility index (Phi) is 5.09. The molecule has 0 bridgehead atoms. The summed E-state index contributed by atoms with van der Waals surface area (Å²) in [6.45, 7) is 6.87. The Hall–Kier alpha value is -2.17. The van der Waals surface area contributed by atoms with E-state index in [9.17, 15) is 4.79 Å². The van der Waals surface area contributed by atoms with Crippen molar-refractivity contribution in [3.63, 3.8) is 0 Å². The summed E-state index contributed by atoms with van der Waals surface area (Å²) in [6, 6.07) is 8.27. The Bertz CT molecular complexity index is 602. The lowest BCUT2D eigenvalue weighted by atomic mass is 10.1. The van der Waals surface area contributed by atoms with Gasteiger partial charge < -0.3 is 4.74 Å². The summed E-state index contributed by atoms with van der Waals surface area (Å²) in [5.41, 5.74) is 3.54. The molecule has 0 saturated heterocycles. The van der Waals surface area contributed by atoms with E-state index >= 15 is 0 Å². The number of benzene rings is 1. The van der Waals surface area contributed by atoms with Crippen LogP contribution in [0.25, 0.3) is 0 Å². The summed E-state index contributed by atoms with van der Waals surface area (Å²) in [5.74, 6) is -0.392. The van der Waals surface area contributed by atoms with Crippen LogP contribution in [0.3, 0.4) is 0 Å². The molecule has 0 aliphatic heterocycles. The molecule has 0 saturated carbocycles. The molecule has 0 unspecified atom stereocenters. The number of aryl methyl sites for hydroxylation is 1. The molecule has 0 fully saturated rings. The van der Waals surface area contributed by atoms with Gasteiger partial charge in [0, 0.05) is 0 Å². The Balaban J connectivity index is 2.26. The number of rotatable bonds is 6. The van der Waals surface area contributed by atoms with Gasteiger partial charge in [-0.1, -0.05) is 48.4 Å². The second-order valence-electron chi connectivity index (χ2n) is 5.00. The largest absolute Gasteiger partial charge is 0.461 e. The highest BCUT2D eigenvalue weighted by Crippen LogP contribution is 2.13. The van der Waals surface area contributed by atoms with Gasteiger partial charge in [0.2, 0.25) is 0 Å². The number of carbonyl (C=O) groups is 1. The van der Waals surface area contributed by atoms with Crippen LogP contribution in [0.5, 0.6) is 0 Å². The lowest BCUT2D eigenvalue weighted by molar-refractivity contribution is 0.0518. The van der Waals surface area contributed by atoms with Gasteiger partial charge in [-0.15, -0.1) is 5.10 Å². The van der Waals surface area contributed by atoms with Crippen LogP contribution in [-0.4, -0.2) is 27.6 Å². The maximum Gasteiger partial charge on any atom is 0.360 e. The van der Waals surface area contributed by atoms with E-state index in [1.165, 1.54) is 5.56 Å². The third kappa shape index (κ3) is 3.68. The van der Waals surface area contributed by atoms with E-state index in [2.05, 4.69) is 48.4 Å². The van der Waals surface area contributed by atoms with Crippen molar-refractivity contribution < 1.29 is 9.53 Å². The number of aromatic nitrogens is 3. The zero-order valence-corrected chi connectivity index (χ0v) is 12.8. The van der Waals surface area contributed by atoms with Crippen LogP contribution in [0.1, 0.15) is 47.6 Å². The highest BCUT2D eigenvalue weighted by molar-refractivity contribution is 5.88. The number of ether oxygens (including phenoxy) is 1. The average Bonchev–Trinajstić information content (AvgIpc) is 2.85. The molecule has 0 radical (unpaired) electrons. The predicted octanol–water partition coefficient (Wildman–Crippen LogP) is 2.76. The predicted molar refractivity (Wildman–Crippen MR) is 80.3 cm³/mol. The third-order valence-electron chi connectivity index (χ3n) is 3.25. The molecule has 2 aromatic rings. The van der Waals surface area contributed by atoms with Crippen LogP contribution in [0.2, 0.25) is 0 Å². The van der Waals surface area contributed by atoms with E-state index in [4.69, 9.17) is 4.74 Å². The molecule has 0 N–H and O–H groups in total. The molecule has 1 heterocycles. The van der Waals surface area contributed by atoms with Crippen molar-refractivity contribution in [2.24, 2.45) is 0 Å². The standard InChI is InChI=1S/C16H21N3O2/c1-4-6-14-15(16(20)21-5-2)17-18-19(14)11-13-9-7-12(3)8-10-13/h7-10H,4-6,11H2,1-3H3. The first-order valence-electron chi connectivity index (χ1n) is 7.30. The number of hydrogen-bond acceptors (Lipinski definition) is 4. The van der Waals surface area contributed by atoms with Gasteiger partial charge in [-0.2, -0.15) is 0 Å². The topological polar surface area (TPSA) is 57.0 Å². The Morgan fingerprint density at radius 2 is 1.95 bits per heavy atom. The van der Waals surface area contributed by atoms with Crippen LogP contribution in [-0.2, 0) is 17.7 Å². The summed E-state index contributed by atoms with van der Waals surface area (Å²) in [5, 5.41) is 8.13. The lowest BCUT2D eigenvalue weighted by Gasteiger charge is -2.07. The SMILES string of the molecule is CCCc1c(C(=O)OCC)nnn1Cc1ccc(C)cc1. The molecule has 5 nitrogen and oxygen atoms in total. The quantitative estimate of drug-likeness (QED) is 0.767. The Morgan fingerprint density at radius 1 is 1.24 bits per heavy atom. The highest BCUT2D eigenvalue weighted by Gasteiger charge is 2.20.